The van der Waals surface area contributed by atoms with Gasteiger partial charge in [0.1, 0.15) is 5.75 Å². The number of benzene rings is 1. The van der Waals surface area contributed by atoms with Gasteiger partial charge in [-0.1, -0.05) is 31.0 Å². The second kappa shape index (κ2) is 10.7. The number of nitrogens with one attached hydrogen (secondary N) is 2. The fraction of sp³-hybridized carbons (Fsp3) is 0.682. The molecule has 1 aliphatic carbocycles. The molecule has 0 spiro atoms. The van der Waals surface area contributed by atoms with Gasteiger partial charge in [0, 0.05) is 43.7 Å². The van der Waals surface area contributed by atoms with Gasteiger partial charge in [-0.3, -0.25) is 9.89 Å². The highest BCUT2D eigenvalue weighted by molar-refractivity contribution is 5.79. The van der Waals surface area contributed by atoms with E-state index < -0.39 is 0 Å². The fourth-order valence-corrected chi connectivity index (χ4v) is 4.38. The minimum absolute atomic E-state index is 0.0825. The number of guanidine groups is 1. The normalized spacial score (nSPS) is 20.1. The Balaban J connectivity index is 1.65. The zero-order valence-electron chi connectivity index (χ0n) is 17.5. The van der Waals surface area contributed by atoms with Crippen molar-refractivity contribution in [3.05, 3.63) is 29.8 Å². The Kier molecular flexibility index (Phi) is 7.98. The van der Waals surface area contributed by atoms with Crippen molar-refractivity contribution < 1.29 is 9.47 Å². The van der Waals surface area contributed by atoms with E-state index in [9.17, 15) is 0 Å². The number of nitrogens with zero attached hydrogens (tertiary/aromatic N) is 2. The molecular formula is C22H36N4O2. The van der Waals surface area contributed by atoms with Gasteiger partial charge in [0.05, 0.1) is 26.9 Å². The highest BCUT2D eigenvalue weighted by Crippen LogP contribution is 2.44. The van der Waals surface area contributed by atoms with Crippen molar-refractivity contribution in [3.8, 4) is 5.75 Å². The van der Waals surface area contributed by atoms with Crippen molar-refractivity contribution in [2.45, 2.75) is 38.0 Å². The van der Waals surface area contributed by atoms with Gasteiger partial charge in [0.25, 0.3) is 0 Å². The zero-order chi connectivity index (χ0) is 19.7. The van der Waals surface area contributed by atoms with E-state index in [-0.39, 0.29) is 5.41 Å². The summed E-state index contributed by atoms with van der Waals surface area (Å²) < 4.78 is 11.1. The topological polar surface area (TPSA) is 58.1 Å². The molecule has 6 heteroatoms. The van der Waals surface area contributed by atoms with Crippen molar-refractivity contribution in [1.82, 2.24) is 15.5 Å². The molecule has 1 aliphatic heterocycles. The van der Waals surface area contributed by atoms with E-state index in [1.807, 2.05) is 6.07 Å². The molecule has 0 unspecified atom stereocenters. The number of rotatable bonds is 8. The first kappa shape index (κ1) is 20.9. The monoisotopic (exact) mass is 388 g/mol. The standard InChI is InChI=1S/C22H36N4O2/c1-3-23-21(24-12-13-26-14-16-28-17-15-26)25-18-22(10-6-7-11-22)19-8-4-5-9-20(19)27-2/h4-5,8-9H,3,6-7,10-18H2,1-2H3,(H2,23,24,25). The number of aliphatic imine (C=N–C) groups is 1. The van der Waals surface area contributed by atoms with Gasteiger partial charge in [-0.05, 0) is 25.8 Å². The molecule has 2 fully saturated rings. The van der Waals surface area contributed by atoms with Crippen molar-refractivity contribution in [1.29, 1.82) is 0 Å². The molecule has 28 heavy (non-hydrogen) atoms. The second-order valence-electron chi connectivity index (χ2n) is 7.76. The Labute approximate surface area is 169 Å². The van der Waals surface area contributed by atoms with Crippen LogP contribution < -0.4 is 15.4 Å². The van der Waals surface area contributed by atoms with E-state index in [2.05, 4.69) is 40.7 Å². The van der Waals surface area contributed by atoms with Crippen LogP contribution in [-0.4, -0.2) is 70.5 Å². The van der Waals surface area contributed by atoms with Crippen LogP contribution in [0, 0.1) is 0 Å². The molecule has 0 atom stereocenters. The van der Waals surface area contributed by atoms with Crippen molar-refractivity contribution in [3.63, 3.8) is 0 Å². The molecule has 0 aromatic heterocycles. The Morgan fingerprint density at radius 2 is 1.93 bits per heavy atom. The van der Waals surface area contributed by atoms with Gasteiger partial charge in [-0.2, -0.15) is 0 Å². The van der Waals surface area contributed by atoms with E-state index in [1.165, 1.54) is 31.2 Å². The summed E-state index contributed by atoms with van der Waals surface area (Å²) in [5, 5.41) is 6.92. The van der Waals surface area contributed by atoms with Crippen LogP contribution >= 0.6 is 0 Å². The van der Waals surface area contributed by atoms with Gasteiger partial charge in [-0.15, -0.1) is 0 Å². The number of hydrogen-bond donors (Lipinski definition) is 2. The molecular weight excluding hydrogens is 352 g/mol. The Bertz CT molecular complexity index is 623. The Hall–Kier alpha value is -1.79. The average Bonchev–Trinajstić information content (AvgIpc) is 3.23. The lowest BCUT2D eigenvalue weighted by molar-refractivity contribution is 0.0389. The summed E-state index contributed by atoms with van der Waals surface area (Å²) in [6.07, 6.45) is 4.86. The molecule has 0 bridgehead atoms. The van der Waals surface area contributed by atoms with Gasteiger partial charge in [-0.25, -0.2) is 0 Å². The van der Waals surface area contributed by atoms with Crippen LogP contribution in [0.1, 0.15) is 38.2 Å². The van der Waals surface area contributed by atoms with Crippen LogP contribution in [0.15, 0.2) is 29.3 Å². The molecule has 1 aromatic carbocycles. The molecule has 6 nitrogen and oxygen atoms in total. The molecule has 156 valence electrons. The highest BCUT2D eigenvalue weighted by atomic mass is 16.5. The molecule has 0 radical (unpaired) electrons. The molecule has 0 amide bonds. The predicted octanol–water partition coefficient (Wildman–Crippen LogP) is 2.39. The van der Waals surface area contributed by atoms with E-state index in [4.69, 9.17) is 14.5 Å². The van der Waals surface area contributed by atoms with Crippen LogP contribution in [0.25, 0.3) is 0 Å². The lowest BCUT2D eigenvalue weighted by Crippen LogP contribution is -2.45. The average molecular weight is 389 g/mol. The molecule has 1 saturated carbocycles. The third-order valence-corrected chi connectivity index (χ3v) is 5.95. The van der Waals surface area contributed by atoms with Crippen LogP contribution in [0.5, 0.6) is 5.75 Å². The van der Waals surface area contributed by atoms with Crippen LogP contribution in [0.4, 0.5) is 0 Å². The number of para-hydroxylation sites is 1. The summed E-state index contributed by atoms with van der Waals surface area (Å²) >= 11 is 0. The highest BCUT2D eigenvalue weighted by Gasteiger charge is 2.37. The van der Waals surface area contributed by atoms with E-state index >= 15 is 0 Å². The summed E-state index contributed by atoms with van der Waals surface area (Å²) in [5.74, 6) is 1.90. The van der Waals surface area contributed by atoms with Gasteiger partial charge < -0.3 is 20.1 Å². The van der Waals surface area contributed by atoms with E-state index in [0.717, 1.165) is 64.2 Å². The molecule has 2 N–H and O–H groups in total. The molecule has 1 heterocycles. The number of ether oxygens (including phenoxy) is 2. The van der Waals surface area contributed by atoms with E-state index in [1.54, 1.807) is 7.11 Å². The Morgan fingerprint density at radius 1 is 1.18 bits per heavy atom. The maximum atomic E-state index is 5.67. The summed E-state index contributed by atoms with van der Waals surface area (Å²) in [5.41, 5.74) is 1.39. The van der Waals surface area contributed by atoms with Crippen molar-refractivity contribution in [2.24, 2.45) is 4.99 Å². The van der Waals surface area contributed by atoms with Gasteiger partial charge in [0.2, 0.25) is 0 Å². The van der Waals surface area contributed by atoms with Crippen molar-refractivity contribution >= 4 is 5.96 Å². The smallest absolute Gasteiger partial charge is 0.191 e. The quantitative estimate of drug-likeness (QED) is 0.529. The van der Waals surface area contributed by atoms with Crippen LogP contribution in [0.3, 0.4) is 0 Å². The predicted molar refractivity (Wildman–Crippen MR) is 114 cm³/mol. The Morgan fingerprint density at radius 3 is 2.64 bits per heavy atom. The number of morpholine rings is 1. The summed E-state index contributed by atoms with van der Waals surface area (Å²) in [7, 11) is 1.77. The number of hydrogen-bond acceptors (Lipinski definition) is 4. The zero-order valence-corrected chi connectivity index (χ0v) is 17.5. The summed E-state index contributed by atoms with van der Waals surface area (Å²) in [6.45, 7) is 9.42. The minimum Gasteiger partial charge on any atom is -0.496 e. The first-order valence-corrected chi connectivity index (χ1v) is 10.7. The minimum atomic E-state index is 0.0825. The maximum Gasteiger partial charge on any atom is 0.191 e. The van der Waals surface area contributed by atoms with E-state index in [0.29, 0.717) is 0 Å². The second-order valence-corrected chi connectivity index (χ2v) is 7.76. The first-order chi connectivity index (χ1) is 13.8. The van der Waals surface area contributed by atoms with Gasteiger partial charge >= 0.3 is 0 Å². The SMILES string of the molecule is CCNC(=NCC1(c2ccccc2OC)CCCC1)NCCN1CCOCC1. The molecule has 3 rings (SSSR count). The van der Waals surface area contributed by atoms with Crippen molar-refractivity contribution in [2.75, 3.05) is 59.6 Å². The first-order valence-electron chi connectivity index (χ1n) is 10.7. The molecule has 1 aromatic rings. The third kappa shape index (κ3) is 5.39. The molecule has 2 aliphatic rings. The fourth-order valence-electron chi connectivity index (χ4n) is 4.38. The lowest BCUT2D eigenvalue weighted by atomic mass is 9.78. The maximum absolute atomic E-state index is 5.67. The van der Waals surface area contributed by atoms with Gasteiger partial charge in [0.15, 0.2) is 5.96 Å². The van der Waals surface area contributed by atoms with Crippen LogP contribution in [0.2, 0.25) is 0 Å². The molecule has 1 saturated heterocycles. The summed E-state index contributed by atoms with van der Waals surface area (Å²) in [6, 6.07) is 8.46. The largest absolute Gasteiger partial charge is 0.496 e. The van der Waals surface area contributed by atoms with Crippen LogP contribution in [-0.2, 0) is 10.2 Å². The number of methoxy groups -OCH3 is 1. The third-order valence-electron chi connectivity index (χ3n) is 5.95. The lowest BCUT2D eigenvalue weighted by Gasteiger charge is -2.30. The summed E-state index contributed by atoms with van der Waals surface area (Å²) in [4.78, 5) is 7.44.